The molecule has 0 amide bonds. The molecule has 0 saturated carbocycles. The summed E-state index contributed by atoms with van der Waals surface area (Å²) in [6, 6.07) is 3.47. The molecule has 1 rings (SSSR count). The minimum absolute atomic E-state index is 0.0700. The molecule has 72 valence electrons. The van der Waals surface area contributed by atoms with Gasteiger partial charge in [-0.25, -0.2) is 0 Å². The molecule has 0 aliphatic rings. The molecule has 2 N–H and O–H groups in total. The lowest BCUT2D eigenvalue weighted by Crippen LogP contribution is -2.25. The second-order valence-electron chi connectivity index (χ2n) is 2.64. The van der Waals surface area contributed by atoms with E-state index in [4.69, 9.17) is 9.52 Å². The van der Waals surface area contributed by atoms with Crippen LogP contribution < -0.4 is 5.32 Å². The van der Waals surface area contributed by atoms with E-state index < -0.39 is 5.97 Å². The average molecular weight is 248 g/mol. The Labute approximate surface area is 84.1 Å². The minimum Gasteiger partial charge on any atom is -0.480 e. The van der Waals surface area contributed by atoms with Gasteiger partial charge in [0.05, 0.1) is 12.6 Å². The number of hydrogen-bond acceptors (Lipinski definition) is 3. The third kappa shape index (κ3) is 3.20. The summed E-state index contributed by atoms with van der Waals surface area (Å²) in [5.41, 5.74) is 0. The van der Waals surface area contributed by atoms with Gasteiger partial charge >= 0.3 is 5.97 Å². The van der Waals surface area contributed by atoms with Gasteiger partial charge in [-0.3, -0.25) is 10.1 Å². The Balaban J connectivity index is 2.48. The summed E-state index contributed by atoms with van der Waals surface area (Å²) in [7, 11) is 0. The van der Waals surface area contributed by atoms with Gasteiger partial charge in [-0.05, 0) is 35.0 Å². The van der Waals surface area contributed by atoms with E-state index in [9.17, 15) is 4.79 Å². The van der Waals surface area contributed by atoms with E-state index in [1.807, 2.05) is 6.92 Å². The van der Waals surface area contributed by atoms with E-state index in [2.05, 4.69) is 21.2 Å². The first-order valence-electron chi connectivity index (χ1n) is 3.80. The van der Waals surface area contributed by atoms with Crippen molar-refractivity contribution in [3.8, 4) is 0 Å². The molecule has 0 radical (unpaired) electrons. The van der Waals surface area contributed by atoms with Crippen molar-refractivity contribution in [2.45, 2.75) is 13.0 Å². The molecule has 0 aromatic carbocycles. The van der Waals surface area contributed by atoms with E-state index in [0.717, 1.165) is 0 Å². The highest BCUT2D eigenvalue weighted by molar-refractivity contribution is 9.10. The van der Waals surface area contributed by atoms with Gasteiger partial charge in [-0.1, -0.05) is 0 Å². The molecule has 1 atom stereocenters. The lowest BCUT2D eigenvalue weighted by atomic mass is 10.2. The Bertz CT molecular complexity index is 297. The number of nitrogens with one attached hydrogen (secondary N) is 1. The van der Waals surface area contributed by atoms with Crippen molar-refractivity contribution in [3.05, 3.63) is 22.6 Å². The number of rotatable bonds is 4. The molecular weight excluding hydrogens is 238 g/mol. The summed E-state index contributed by atoms with van der Waals surface area (Å²) in [4.78, 5) is 10.2. The fourth-order valence-electron chi connectivity index (χ4n) is 0.902. The molecule has 1 aromatic rings. The number of hydrogen-bond donors (Lipinski definition) is 2. The number of furan rings is 1. The lowest BCUT2D eigenvalue weighted by Gasteiger charge is -2.08. The minimum atomic E-state index is -0.877. The first-order valence-corrected chi connectivity index (χ1v) is 4.59. The van der Waals surface area contributed by atoms with Gasteiger partial charge in [0.1, 0.15) is 5.76 Å². The molecule has 0 spiro atoms. The number of halogens is 1. The van der Waals surface area contributed by atoms with Crippen LogP contribution in [0.3, 0.4) is 0 Å². The summed E-state index contributed by atoms with van der Waals surface area (Å²) in [6.45, 7) is 1.77. The van der Waals surface area contributed by atoms with Crippen molar-refractivity contribution in [2.24, 2.45) is 0 Å². The van der Waals surface area contributed by atoms with Gasteiger partial charge in [-0.15, -0.1) is 0 Å². The summed E-state index contributed by atoms with van der Waals surface area (Å²) in [5, 5.41) is 11.2. The van der Waals surface area contributed by atoms with E-state index >= 15 is 0 Å². The van der Waals surface area contributed by atoms with Gasteiger partial charge < -0.3 is 9.52 Å². The summed E-state index contributed by atoms with van der Waals surface area (Å²) in [5.74, 6) is -0.161. The van der Waals surface area contributed by atoms with Gasteiger partial charge in [0, 0.05) is 0 Å². The second-order valence-corrected chi connectivity index (χ2v) is 3.42. The number of aliphatic carboxylic acids is 1. The zero-order valence-corrected chi connectivity index (χ0v) is 8.67. The number of carbonyl (C=O) groups is 1. The van der Waals surface area contributed by atoms with Crippen molar-refractivity contribution >= 4 is 21.9 Å². The van der Waals surface area contributed by atoms with Crippen molar-refractivity contribution in [1.82, 2.24) is 5.32 Å². The average Bonchev–Trinajstić information content (AvgIpc) is 2.47. The van der Waals surface area contributed by atoms with Crippen LogP contribution in [0.15, 0.2) is 21.2 Å². The first-order chi connectivity index (χ1) is 6.09. The zero-order chi connectivity index (χ0) is 9.84. The molecule has 0 aliphatic heterocycles. The second kappa shape index (κ2) is 4.43. The van der Waals surface area contributed by atoms with E-state index in [1.54, 1.807) is 12.1 Å². The standard InChI is InChI=1S/C8H10BrNO3/c1-5(10-4-8(11)12)6-2-3-7(9)13-6/h2-3,5,10H,4H2,1H3,(H,11,12). The maximum absolute atomic E-state index is 10.2. The first kappa shape index (κ1) is 10.3. The maximum Gasteiger partial charge on any atom is 0.317 e. The Morgan fingerprint density at radius 1 is 1.77 bits per heavy atom. The van der Waals surface area contributed by atoms with E-state index in [-0.39, 0.29) is 12.6 Å². The van der Waals surface area contributed by atoms with Crippen LogP contribution in [0.4, 0.5) is 0 Å². The molecule has 0 saturated heterocycles. The molecule has 1 unspecified atom stereocenters. The summed E-state index contributed by atoms with van der Waals surface area (Å²) < 4.78 is 5.88. The largest absolute Gasteiger partial charge is 0.480 e. The Morgan fingerprint density at radius 2 is 2.46 bits per heavy atom. The molecule has 1 aromatic heterocycles. The van der Waals surface area contributed by atoms with Gasteiger partial charge in [0.25, 0.3) is 0 Å². The maximum atomic E-state index is 10.2. The fraction of sp³-hybridized carbons (Fsp3) is 0.375. The summed E-state index contributed by atoms with van der Waals surface area (Å²) >= 11 is 3.17. The Morgan fingerprint density at radius 3 is 2.92 bits per heavy atom. The van der Waals surface area contributed by atoms with E-state index in [1.165, 1.54) is 0 Å². The quantitative estimate of drug-likeness (QED) is 0.852. The predicted octanol–water partition coefficient (Wildman–Crippen LogP) is 1.78. The zero-order valence-electron chi connectivity index (χ0n) is 7.08. The molecule has 5 heteroatoms. The normalized spacial score (nSPS) is 12.8. The van der Waals surface area contributed by atoms with Crippen molar-refractivity contribution in [3.63, 3.8) is 0 Å². The number of carboxylic acids is 1. The molecule has 4 nitrogen and oxygen atoms in total. The summed E-state index contributed by atoms with van der Waals surface area (Å²) in [6.07, 6.45) is 0. The lowest BCUT2D eigenvalue weighted by molar-refractivity contribution is -0.136. The highest BCUT2D eigenvalue weighted by atomic mass is 79.9. The van der Waals surface area contributed by atoms with Crippen molar-refractivity contribution in [2.75, 3.05) is 6.54 Å². The Hall–Kier alpha value is -0.810. The number of carboxylic acid groups (broad SMARTS) is 1. The van der Waals surface area contributed by atoms with Gasteiger partial charge in [0.15, 0.2) is 4.67 Å². The van der Waals surface area contributed by atoms with Crippen LogP contribution >= 0.6 is 15.9 Å². The Kier molecular flexibility index (Phi) is 3.50. The third-order valence-corrected chi connectivity index (χ3v) is 2.01. The predicted molar refractivity (Wildman–Crippen MR) is 50.5 cm³/mol. The van der Waals surface area contributed by atoms with Crippen LogP contribution in [0.25, 0.3) is 0 Å². The smallest absolute Gasteiger partial charge is 0.317 e. The van der Waals surface area contributed by atoms with E-state index in [0.29, 0.717) is 10.4 Å². The van der Waals surface area contributed by atoms with Crippen molar-refractivity contribution < 1.29 is 14.3 Å². The van der Waals surface area contributed by atoms with Crippen LogP contribution in [0.5, 0.6) is 0 Å². The molecule has 1 heterocycles. The fourth-order valence-corrected chi connectivity index (χ4v) is 1.22. The van der Waals surface area contributed by atoms with Crippen LogP contribution in [0.1, 0.15) is 18.7 Å². The molecule has 13 heavy (non-hydrogen) atoms. The molecule has 0 aliphatic carbocycles. The van der Waals surface area contributed by atoms with Crippen molar-refractivity contribution in [1.29, 1.82) is 0 Å². The molecular formula is C8H10BrNO3. The van der Waals surface area contributed by atoms with Gasteiger partial charge in [0.2, 0.25) is 0 Å². The van der Waals surface area contributed by atoms with Gasteiger partial charge in [-0.2, -0.15) is 0 Å². The highest BCUT2D eigenvalue weighted by Crippen LogP contribution is 2.19. The van der Waals surface area contributed by atoms with Crippen LogP contribution in [0, 0.1) is 0 Å². The third-order valence-electron chi connectivity index (χ3n) is 1.58. The molecule has 0 fully saturated rings. The van der Waals surface area contributed by atoms with Crippen LogP contribution in [-0.4, -0.2) is 17.6 Å². The molecule has 0 bridgehead atoms. The topological polar surface area (TPSA) is 62.5 Å². The van der Waals surface area contributed by atoms with Crippen LogP contribution in [-0.2, 0) is 4.79 Å². The highest BCUT2D eigenvalue weighted by Gasteiger charge is 2.09. The van der Waals surface area contributed by atoms with Crippen LogP contribution in [0.2, 0.25) is 0 Å². The SMILES string of the molecule is CC(NCC(=O)O)c1ccc(Br)o1. The monoisotopic (exact) mass is 247 g/mol.